The molecule has 0 spiro atoms. The molecule has 0 aliphatic rings. The molecule has 0 atom stereocenters. The summed E-state index contributed by atoms with van der Waals surface area (Å²) in [6.07, 6.45) is 1.51. The predicted molar refractivity (Wildman–Crippen MR) is 85.8 cm³/mol. The van der Waals surface area contributed by atoms with Gasteiger partial charge >= 0.3 is 0 Å². The largest absolute Gasteiger partial charge is 0.389 e. The summed E-state index contributed by atoms with van der Waals surface area (Å²) in [5, 5.41) is 0.000252. The topological polar surface area (TPSA) is 90.0 Å². The van der Waals surface area contributed by atoms with E-state index in [2.05, 4.69) is 9.71 Å². The molecule has 6 nitrogen and oxygen atoms in total. The standard InChI is InChI=1S/C13H16N4O2S2/c1-3-17-8-12(15-9(17)2)21(18,19)16-11-6-4-10(5-7-11)13(14)20/h4-8,16H,3H2,1-2H3,(H2,14,20). The summed E-state index contributed by atoms with van der Waals surface area (Å²) in [6.45, 7) is 4.35. The second kappa shape index (κ2) is 5.82. The first-order chi connectivity index (χ1) is 9.83. The van der Waals surface area contributed by atoms with E-state index in [1.165, 1.54) is 6.20 Å². The minimum atomic E-state index is -3.70. The van der Waals surface area contributed by atoms with Crippen molar-refractivity contribution >= 4 is 32.9 Å². The highest BCUT2D eigenvalue weighted by atomic mass is 32.2. The average Bonchev–Trinajstić information content (AvgIpc) is 2.81. The molecule has 112 valence electrons. The summed E-state index contributed by atoms with van der Waals surface area (Å²) >= 11 is 4.85. The fourth-order valence-electron chi connectivity index (χ4n) is 1.84. The van der Waals surface area contributed by atoms with Crippen molar-refractivity contribution in [1.82, 2.24) is 9.55 Å². The van der Waals surface area contributed by atoms with Crippen LogP contribution in [0, 0.1) is 6.92 Å². The number of hydrogen-bond acceptors (Lipinski definition) is 4. The Morgan fingerprint density at radius 3 is 2.48 bits per heavy atom. The van der Waals surface area contributed by atoms with E-state index in [1.54, 1.807) is 35.8 Å². The van der Waals surface area contributed by atoms with Crippen LogP contribution < -0.4 is 10.5 Å². The first-order valence-corrected chi connectivity index (χ1v) is 8.19. The van der Waals surface area contributed by atoms with Crippen molar-refractivity contribution in [2.75, 3.05) is 4.72 Å². The van der Waals surface area contributed by atoms with Gasteiger partial charge in [0, 0.05) is 24.0 Å². The predicted octanol–water partition coefficient (Wildman–Crippen LogP) is 1.65. The van der Waals surface area contributed by atoms with Gasteiger partial charge in [-0.1, -0.05) is 12.2 Å². The SMILES string of the molecule is CCn1cc(S(=O)(=O)Nc2ccc(C(N)=S)cc2)nc1C. The maximum absolute atomic E-state index is 12.3. The number of nitrogens with two attached hydrogens (primary N) is 1. The lowest BCUT2D eigenvalue weighted by molar-refractivity contribution is 0.598. The lowest BCUT2D eigenvalue weighted by Gasteiger charge is -2.06. The number of benzene rings is 1. The molecule has 2 rings (SSSR count). The zero-order chi connectivity index (χ0) is 15.6. The summed E-state index contributed by atoms with van der Waals surface area (Å²) in [4.78, 5) is 4.33. The Labute approximate surface area is 129 Å². The van der Waals surface area contributed by atoms with Crippen molar-refractivity contribution in [3.63, 3.8) is 0 Å². The van der Waals surface area contributed by atoms with Gasteiger partial charge < -0.3 is 10.3 Å². The summed E-state index contributed by atoms with van der Waals surface area (Å²) < 4.78 is 28.8. The van der Waals surface area contributed by atoms with E-state index in [0.29, 0.717) is 23.6 Å². The van der Waals surface area contributed by atoms with Crippen LogP contribution in [0.1, 0.15) is 18.3 Å². The molecule has 2 aromatic rings. The van der Waals surface area contributed by atoms with Crippen molar-refractivity contribution in [2.45, 2.75) is 25.4 Å². The summed E-state index contributed by atoms with van der Waals surface area (Å²) in [6, 6.07) is 6.54. The number of imidazole rings is 1. The molecular formula is C13H16N4O2S2. The number of nitrogens with one attached hydrogen (secondary N) is 1. The molecule has 0 aliphatic carbocycles. The highest BCUT2D eigenvalue weighted by Crippen LogP contribution is 2.16. The minimum Gasteiger partial charge on any atom is -0.389 e. The maximum Gasteiger partial charge on any atom is 0.280 e. The average molecular weight is 324 g/mol. The second-order valence-electron chi connectivity index (χ2n) is 4.46. The van der Waals surface area contributed by atoms with E-state index in [1.807, 2.05) is 6.92 Å². The van der Waals surface area contributed by atoms with E-state index < -0.39 is 10.0 Å². The molecule has 1 aromatic carbocycles. The van der Waals surface area contributed by atoms with Gasteiger partial charge in [-0.3, -0.25) is 4.72 Å². The molecule has 0 fully saturated rings. The number of thiocarbonyl (C=S) groups is 1. The Kier molecular flexibility index (Phi) is 4.29. The molecule has 0 saturated carbocycles. The van der Waals surface area contributed by atoms with Crippen LogP contribution in [-0.2, 0) is 16.6 Å². The minimum absolute atomic E-state index is 0.000252. The Morgan fingerprint density at radius 1 is 1.38 bits per heavy atom. The molecule has 0 unspecified atom stereocenters. The Bertz CT molecular complexity index is 764. The molecule has 0 bridgehead atoms. The van der Waals surface area contributed by atoms with Crippen molar-refractivity contribution in [3.8, 4) is 0 Å². The molecule has 0 aliphatic heterocycles. The monoisotopic (exact) mass is 324 g/mol. The number of nitrogens with zero attached hydrogens (tertiary/aromatic N) is 2. The van der Waals surface area contributed by atoms with E-state index in [9.17, 15) is 8.42 Å². The highest BCUT2D eigenvalue weighted by molar-refractivity contribution is 7.92. The third kappa shape index (κ3) is 3.40. The molecule has 1 heterocycles. The van der Waals surface area contributed by atoms with Gasteiger partial charge in [-0.15, -0.1) is 0 Å². The van der Waals surface area contributed by atoms with Crippen molar-refractivity contribution in [2.24, 2.45) is 5.73 Å². The lowest BCUT2D eigenvalue weighted by Crippen LogP contribution is -2.14. The zero-order valence-corrected chi connectivity index (χ0v) is 13.3. The first kappa shape index (κ1) is 15.5. The normalized spacial score (nSPS) is 11.3. The Morgan fingerprint density at radius 2 is 2.00 bits per heavy atom. The smallest absolute Gasteiger partial charge is 0.280 e. The summed E-state index contributed by atoms with van der Waals surface area (Å²) in [5.41, 5.74) is 6.61. The van der Waals surface area contributed by atoms with Gasteiger partial charge in [0.05, 0.1) is 0 Å². The van der Waals surface area contributed by atoms with Crippen LogP contribution in [0.2, 0.25) is 0 Å². The number of sulfonamides is 1. The van der Waals surface area contributed by atoms with Crippen molar-refractivity contribution < 1.29 is 8.42 Å². The van der Waals surface area contributed by atoms with Crippen molar-refractivity contribution in [3.05, 3.63) is 41.9 Å². The van der Waals surface area contributed by atoms with Crippen LogP contribution >= 0.6 is 12.2 Å². The number of hydrogen-bond donors (Lipinski definition) is 2. The summed E-state index contributed by atoms with van der Waals surface area (Å²) in [7, 11) is -3.70. The maximum atomic E-state index is 12.3. The number of aromatic nitrogens is 2. The van der Waals surface area contributed by atoms with Crippen LogP contribution in [0.15, 0.2) is 35.5 Å². The molecule has 21 heavy (non-hydrogen) atoms. The third-order valence-corrected chi connectivity index (χ3v) is 4.48. The van der Waals surface area contributed by atoms with Gasteiger partial charge in [-0.05, 0) is 38.1 Å². The van der Waals surface area contributed by atoms with E-state index in [4.69, 9.17) is 18.0 Å². The highest BCUT2D eigenvalue weighted by Gasteiger charge is 2.19. The fourth-order valence-corrected chi connectivity index (χ4v) is 3.04. The molecule has 1 aromatic heterocycles. The van der Waals surface area contributed by atoms with E-state index in [0.717, 1.165) is 0 Å². The van der Waals surface area contributed by atoms with Gasteiger partial charge in [0.25, 0.3) is 10.0 Å². The lowest BCUT2D eigenvalue weighted by atomic mass is 10.2. The first-order valence-electron chi connectivity index (χ1n) is 6.30. The fraction of sp³-hybridized carbons (Fsp3) is 0.231. The van der Waals surface area contributed by atoms with Gasteiger partial charge in [-0.25, -0.2) is 4.98 Å². The molecule has 0 saturated heterocycles. The van der Waals surface area contributed by atoms with E-state index >= 15 is 0 Å². The van der Waals surface area contributed by atoms with Crippen LogP contribution in [0.4, 0.5) is 5.69 Å². The van der Waals surface area contributed by atoms with Gasteiger partial charge in [0.2, 0.25) is 0 Å². The molecule has 0 amide bonds. The molecule has 0 radical (unpaired) electrons. The third-order valence-electron chi connectivity index (χ3n) is 2.99. The Hall–Kier alpha value is -1.93. The summed E-state index contributed by atoms with van der Waals surface area (Å²) in [5.74, 6) is 0.654. The quantitative estimate of drug-likeness (QED) is 0.816. The van der Waals surface area contributed by atoms with Crippen LogP contribution in [0.5, 0.6) is 0 Å². The second-order valence-corrected chi connectivity index (χ2v) is 6.53. The van der Waals surface area contributed by atoms with Gasteiger partial charge in [0.1, 0.15) is 10.8 Å². The number of aryl methyl sites for hydroxylation is 2. The molecular weight excluding hydrogens is 308 g/mol. The molecule has 3 N–H and O–H groups in total. The number of rotatable bonds is 5. The van der Waals surface area contributed by atoms with Gasteiger partial charge in [-0.2, -0.15) is 8.42 Å². The van der Waals surface area contributed by atoms with Crippen LogP contribution in [-0.4, -0.2) is 23.0 Å². The number of anilines is 1. The van der Waals surface area contributed by atoms with Crippen molar-refractivity contribution in [1.29, 1.82) is 0 Å². The zero-order valence-electron chi connectivity index (χ0n) is 11.7. The Balaban J connectivity index is 2.26. The van der Waals surface area contributed by atoms with Crippen LogP contribution in [0.3, 0.4) is 0 Å². The molecule has 8 heteroatoms. The van der Waals surface area contributed by atoms with E-state index in [-0.39, 0.29) is 10.0 Å². The van der Waals surface area contributed by atoms with Gasteiger partial charge in [0.15, 0.2) is 5.03 Å². The van der Waals surface area contributed by atoms with Crippen LogP contribution in [0.25, 0.3) is 0 Å².